The zero-order chi connectivity index (χ0) is 14.0. The van der Waals surface area contributed by atoms with Crippen molar-refractivity contribution < 1.29 is 18.3 Å². The largest absolute Gasteiger partial charge is 0.478 e. The summed E-state index contributed by atoms with van der Waals surface area (Å²) in [4.78, 5) is 11.2. The number of benzene rings is 1. The fourth-order valence-corrected chi connectivity index (χ4v) is 3.37. The van der Waals surface area contributed by atoms with Crippen molar-refractivity contribution in [1.82, 2.24) is 4.72 Å². The van der Waals surface area contributed by atoms with Gasteiger partial charge in [0.1, 0.15) is 0 Å². The SMILES string of the molecule is CCc1ccc(S(=O)(=O)NC2CCC2)cc1C(=O)O. The fraction of sp³-hybridized carbons (Fsp3) is 0.462. The molecule has 5 nitrogen and oxygen atoms in total. The van der Waals surface area contributed by atoms with E-state index in [9.17, 15) is 13.2 Å². The maximum atomic E-state index is 12.1. The standard InChI is InChI=1S/C13H17NO4S/c1-2-9-6-7-11(8-12(9)13(15)16)19(17,18)14-10-4-3-5-10/h6-8,10,14H,2-5H2,1H3,(H,15,16). The van der Waals surface area contributed by atoms with Crippen LogP contribution in [0.5, 0.6) is 0 Å². The quantitative estimate of drug-likeness (QED) is 0.862. The van der Waals surface area contributed by atoms with Crippen molar-refractivity contribution in [3.8, 4) is 0 Å². The lowest BCUT2D eigenvalue weighted by Gasteiger charge is -2.26. The van der Waals surface area contributed by atoms with Crippen LogP contribution in [0.3, 0.4) is 0 Å². The summed E-state index contributed by atoms with van der Waals surface area (Å²) < 4.78 is 26.8. The summed E-state index contributed by atoms with van der Waals surface area (Å²) >= 11 is 0. The van der Waals surface area contributed by atoms with E-state index in [0.29, 0.717) is 12.0 Å². The highest BCUT2D eigenvalue weighted by molar-refractivity contribution is 7.89. The molecule has 0 aliphatic heterocycles. The molecule has 6 heteroatoms. The Morgan fingerprint density at radius 3 is 2.58 bits per heavy atom. The van der Waals surface area contributed by atoms with Gasteiger partial charge in [-0.2, -0.15) is 0 Å². The van der Waals surface area contributed by atoms with Gasteiger partial charge in [0.15, 0.2) is 0 Å². The van der Waals surface area contributed by atoms with Crippen LogP contribution in [0.15, 0.2) is 23.1 Å². The summed E-state index contributed by atoms with van der Waals surface area (Å²) in [6, 6.07) is 4.26. The molecule has 1 fully saturated rings. The van der Waals surface area contributed by atoms with E-state index in [2.05, 4.69) is 4.72 Å². The number of carbonyl (C=O) groups is 1. The molecule has 0 spiro atoms. The monoisotopic (exact) mass is 283 g/mol. The van der Waals surface area contributed by atoms with Gasteiger partial charge in [0.2, 0.25) is 10.0 Å². The van der Waals surface area contributed by atoms with Gasteiger partial charge in [0.05, 0.1) is 10.5 Å². The van der Waals surface area contributed by atoms with Gasteiger partial charge < -0.3 is 5.11 Å². The molecule has 0 unspecified atom stereocenters. The molecule has 1 aliphatic carbocycles. The van der Waals surface area contributed by atoms with E-state index in [1.807, 2.05) is 6.92 Å². The highest BCUT2D eigenvalue weighted by Gasteiger charge is 2.25. The van der Waals surface area contributed by atoms with Crippen molar-refractivity contribution in [3.63, 3.8) is 0 Å². The van der Waals surface area contributed by atoms with Crippen LogP contribution in [-0.4, -0.2) is 25.5 Å². The highest BCUT2D eigenvalue weighted by Crippen LogP contribution is 2.22. The third-order valence-electron chi connectivity index (χ3n) is 3.43. The summed E-state index contributed by atoms with van der Waals surface area (Å²) in [5, 5.41) is 9.11. The number of sulfonamides is 1. The Balaban J connectivity index is 2.33. The molecule has 0 amide bonds. The molecule has 1 aromatic rings. The zero-order valence-corrected chi connectivity index (χ0v) is 11.5. The molecule has 2 N–H and O–H groups in total. The van der Waals surface area contributed by atoms with Gasteiger partial charge in [0, 0.05) is 6.04 Å². The molecule has 0 radical (unpaired) electrons. The van der Waals surface area contributed by atoms with E-state index in [0.717, 1.165) is 19.3 Å². The number of nitrogens with one attached hydrogen (secondary N) is 1. The average Bonchev–Trinajstić information content (AvgIpc) is 2.33. The Kier molecular flexibility index (Phi) is 3.91. The first kappa shape index (κ1) is 14.0. The zero-order valence-electron chi connectivity index (χ0n) is 10.7. The Morgan fingerprint density at radius 2 is 2.11 bits per heavy atom. The predicted molar refractivity (Wildman–Crippen MR) is 70.7 cm³/mol. The minimum absolute atomic E-state index is 0.0101. The van der Waals surface area contributed by atoms with E-state index in [4.69, 9.17) is 5.11 Å². The van der Waals surface area contributed by atoms with Gasteiger partial charge in [-0.1, -0.05) is 19.4 Å². The first-order valence-corrected chi connectivity index (χ1v) is 7.81. The topological polar surface area (TPSA) is 83.5 Å². The molecular weight excluding hydrogens is 266 g/mol. The van der Waals surface area contributed by atoms with Crippen molar-refractivity contribution in [2.24, 2.45) is 0 Å². The van der Waals surface area contributed by atoms with Gasteiger partial charge in [-0.15, -0.1) is 0 Å². The number of hydrogen-bond acceptors (Lipinski definition) is 3. The van der Waals surface area contributed by atoms with Crippen LogP contribution in [-0.2, 0) is 16.4 Å². The molecule has 104 valence electrons. The molecule has 0 atom stereocenters. The van der Waals surface area contributed by atoms with Crippen molar-refractivity contribution in [3.05, 3.63) is 29.3 Å². The van der Waals surface area contributed by atoms with Crippen LogP contribution in [0.1, 0.15) is 42.1 Å². The number of carboxylic acids is 1. The average molecular weight is 283 g/mol. The third-order valence-corrected chi connectivity index (χ3v) is 4.95. The lowest BCUT2D eigenvalue weighted by molar-refractivity contribution is 0.0695. The predicted octanol–water partition coefficient (Wildman–Crippen LogP) is 1.78. The Labute approximate surface area is 112 Å². The number of hydrogen-bond donors (Lipinski definition) is 2. The molecule has 0 aromatic heterocycles. The van der Waals surface area contributed by atoms with Crippen LogP contribution in [0.25, 0.3) is 0 Å². The highest BCUT2D eigenvalue weighted by atomic mass is 32.2. The molecule has 2 rings (SSSR count). The van der Waals surface area contributed by atoms with Crippen LogP contribution >= 0.6 is 0 Å². The summed E-state index contributed by atoms with van der Waals surface area (Å²) in [7, 11) is -3.61. The summed E-state index contributed by atoms with van der Waals surface area (Å²) in [5.74, 6) is -1.10. The number of aromatic carboxylic acids is 1. The van der Waals surface area contributed by atoms with Gasteiger partial charge >= 0.3 is 5.97 Å². The maximum absolute atomic E-state index is 12.1. The maximum Gasteiger partial charge on any atom is 0.336 e. The smallest absolute Gasteiger partial charge is 0.336 e. The van der Waals surface area contributed by atoms with E-state index in [1.54, 1.807) is 6.07 Å². The number of carboxylic acid groups (broad SMARTS) is 1. The molecule has 19 heavy (non-hydrogen) atoms. The first-order chi connectivity index (χ1) is 8.94. The van der Waals surface area contributed by atoms with Crippen LogP contribution in [0, 0.1) is 0 Å². The Bertz CT molecular complexity index is 591. The Hall–Kier alpha value is -1.40. The second kappa shape index (κ2) is 5.30. The summed E-state index contributed by atoms with van der Waals surface area (Å²) in [6.07, 6.45) is 3.27. The number of aryl methyl sites for hydroxylation is 1. The minimum Gasteiger partial charge on any atom is -0.478 e. The molecule has 0 bridgehead atoms. The first-order valence-electron chi connectivity index (χ1n) is 6.32. The normalized spacial score (nSPS) is 16.1. The molecule has 0 heterocycles. The van der Waals surface area contributed by atoms with Crippen molar-refractivity contribution in [1.29, 1.82) is 0 Å². The number of rotatable bonds is 5. The van der Waals surface area contributed by atoms with Crippen LogP contribution in [0.4, 0.5) is 0 Å². The lowest BCUT2D eigenvalue weighted by atomic mass is 9.94. The van der Waals surface area contributed by atoms with E-state index in [-0.39, 0.29) is 16.5 Å². The van der Waals surface area contributed by atoms with Crippen LogP contribution < -0.4 is 4.72 Å². The third kappa shape index (κ3) is 2.96. The van der Waals surface area contributed by atoms with Crippen molar-refractivity contribution >= 4 is 16.0 Å². The minimum atomic E-state index is -3.61. The van der Waals surface area contributed by atoms with Gasteiger partial charge in [-0.05, 0) is 37.0 Å². The molecule has 1 saturated carbocycles. The van der Waals surface area contributed by atoms with Gasteiger partial charge in [0.25, 0.3) is 0 Å². The molecule has 0 saturated heterocycles. The van der Waals surface area contributed by atoms with Crippen LogP contribution in [0.2, 0.25) is 0 Å². The van der Waals surface area contributed by atoms with Crippen molar-refractivity contribution in [2.45, 2.75) is 43.5 Å². The van der Waals surface area contributed by atoms with E-state index in [1.165, 1.54) is 12.1 Å². The second-order valence-corrected chi connectivity index (χ2v) is 6.44. The van der Waals surface area contributed by atoms with E-state index < -0.39 is 16.0 Å². The molecule has 1 aromatic carbocycles. The second-order valence-electron chi connectivity index (χ2n) is 4.73. The fourth-order valence-electron chi connectivity index (χ4n) is 2.04. The molecular formula is C13H17NO4S. The summed E-state index contributed by atoms with van der Waals surface area (Å²) in [6.45, 7) is 1.84. The Morgan fingerprint density at radius 1 is 1.42 bits per heavy atom. The van der Waals surface area contributed by atoms with Gasteiger partial charge in [-0.3, -0.25) is 0 Å². The van der Waals surface area contributed by atoms with E-state index >= 15 is 0 Å². The van der Waals surface area contributed by atoms with Gasteiger partial charge in [-0.25, -0.2) is 17.9 Å². The summed E-state index contributed by atoms with van der Waals surface area (Å²) in [5.41, 5.74) is 0.689. The molecule has 1 aliphatic rings. The van der Waals surface area contributed by atoms with Crippen molar-refractivity contribution in [2.75, 3.05) is 0 Å². The lowest BCUT2D eigenvalue weighted by Crippen LogP contribution is -2.39.